The smallest absolute Gasteiger partial charge is 0.408 e. The van der Waals surface area contributed by atoms with Crippen molar-refractivity contribution in [3.63, 3.8) is 0 Å². The van der Waals surface area contributed by atoms with E-state index in [0.717, 1.165) is 0 Å². The molecule has 4 nitrogen and oxygen atoms in total. The largest absolute Gasteiger partial charge is 0.445 e. The lowest BCUT2D eigenvalue weighted by Crippen LogP contribution is -2.33. The lowest BCUT2D eigenvalue weighted by Gasteiger charge is -2.18. The van der Waals surface area contributed by atoms with Gasteiger partial charge in [0.1, 0.15) is 6.61 Å². The number of hydrogen-bond acceptors (Lipinski definition) is 3. The molecular formula is C16H12F5NO3. The average Bonchev–Trinajstić information content (AvgIpc) is 2.63. The van der Waals surface area contributed by atoms with Crippen LogP contribution in [0.15, 0.2) is 30.3 Å². The monoisotopic (exact) mass is 361 g/mol. The second kappa shape index (κ2) is 7.93. The van der Waals surface area contributed by atoms with Crippen molar-refractivity contribution in [2.75, 3.05) is 6.61 Å². The molecule has 0 fully saturated rings. The van der Waals surface area contributed by atoms with Crippen molar-refractivity contribution in [2.45, 2.75) is 12.6 Å². The first-order valence-electron chi connectivity index (χ1n) is 6.96. The van der Waals surface area contributed by atoms with Crippen molar-refractivity contribution in [1.82, 2.24) is 5.32 Å². The minimum atomic E-state index is -2.33. The van der Waals surface area contributed by atoms with Crippen LogP contribution in [0.2, 0.25) is 0 Å². The number of amides is 1. The van der Waals surface area contributed by atoms with E-state index in [1.807, 2.05) is 5.32 Å². The first-order chi connectivity index (χ1) is 11.9. The third kappa shape index (κ3) is 4.05. The third-order valence-corrected chi connectivity index (χ3v) is 3.28. The number of nitrogens with one attached hydrogen (secondary N) is 1. The van der Waals surface area contributed by atoms with E-state index in [0.29, 0.717) is 5.56 Å². The second-order valence-corrected chi connectivity index (χ2v) is 4.92. The van der Waals surface area contributed by atoms with Gasteiger partial charge in [-0.3, -0.25) is 0 Å². The number of carbonyl (C=O) groups is 1. The van der Waals surface area contributed by atoms with Crippen molar-refractivity contribution >= 4 is 6.09 Å². The Morgan fingerprint density at radius 3 is 2.00 bits per heavy atom. The van der Waals surface area contributed by atoms with Crippen LogP contribution >= 0.6 is 0 Å². The van der Waals surface area contributed by atoms with E-state index in [1.165, 1.54) is 0 Å². The molecule has 9 heteroatoms. The number of ether oxygens (including phenoxy) is 1. The van der Waals surface area contributed by atoms with E-state index < -0.39 is 53.4 Å². The van der Waals surface area contributed by atoms with E-state index in [9.17, 15) is 31.9 Å². The molecule has 2 aromatic rings. The number of halogens is 5. The van der Waals surface area contributed by atoms with Crippen molar-refractivity contribution in [2.24, 2.45) is 0 Å². The van der Waals surface area contributed by atoms with E-state index in [2.05, 4.69) is 0 Å². The van der Waals surface area contributed by atoms with Gasteiger partial charge >= 0.3 is 6.09 Å². The van der Waals surface area contributed by atoms with Gasteiger partial charge in [-0.05, 0) is 5.56 Å². The second-order valence-electron chi connectivity index (χ2n) is 4.92. The molecule has 0 bridgehead atoms. The molecule has 2 rings (SSSR count). The predicted molar refractivity (Wildman–Crippen MR) is 75.8 cm³/mol. The topological polar surface area (TPSA) is 58.6 Å². The Morgan fingerprint density at radius 1 is 0.960 bits per heavy atom. The summed E-state index contributed by atoms with van der Waals surface area (Å²) in [6.07, 6.45) is -1.20. The lowest BCUT2D eigenvalue weighted by atomic mass is 10.1. The highest BCUT2D eigenvalue weighted by atomic mass is 19.2. The van der Waals surface area contributed by atoms with Gasteiger partial charge < -0.3 is 15.2 Å². The number of benzene rings is 2. The van der Waals surface area contributed by atoms with Crippen molar-refractivity contribution < 1.29 is 36.6 Å². The first-order valence-corrected chi connectivity index (χ1v) is 6.96. The van der Waals surface area contributed by atoms with Gasteiger partial charge in [0.2, 0.25) is 5.82 Å². The summed E-state index contributed by atoms with van der Waals surface area (Å²) in [5.74, 6) is -11.0. The summed E-state index contributed by atoms with van der Waals surface area (Å²) >= 11 is 0. The van der Waals surface area contributed by atoms with Crippen LogP contribution in [0.1, 0.15) is 17.2 Å². The van der Waals surface area contributed by atoms with Crippen LogP contribution in [-0.2, 0) is 11.3 Å². The van der Waals surface area contributed by atoms with Crippen LogP contribution in [0.3, 0.4) is 0 Å². The van der Waals surface area contributed by atoms with Gasteiger partial charge in [0, 0.05) is 0 Å². The number of carbonyl (C=O) groups excluding carboxylic acids is 1. The molecule has 0 radical (unpaired) electrons. The number of hydrogen-bond donors (Lipinski definition) is 2. The van der Waals surface area contributed by atoms with Gasteiger partial charge in [-0.2, -0.15) is 0 Å². The molecule has 2 N–H and O–H groups in total. The Balaban J connectivity index is 2.16. The maximum Gasteiger partial charge on any atom is 0.408 e. The molecule has 134 valence electrons. The molecule has 2 aromatic carbocycles. The van der Waals surface area contributed by atoms with Crippen LogP contribution in [0.4, 0.5) is 26.7 Å². The molecule has 25 heavy (non-hydrogen) atoms. The SMILES string of the molecule is O=C(N[C@@H](CO)c1c(F)c(F)c(F)c(F)c1F)OCc1ccccc1. The Kier molecular flexibility index (Phi) is 5.92. The number of alkyl carbamates (subject to hydrolysis) is 1. The maximum atomic E-state index is 13.7. The van der Waals surface area contributed by atoms with Crippen molar-refractivity contribution in [1.29, 1.82) is 0 Å². The van der Waals surface area contributed by atoms with Gasteiger partial charge in [-0.1, -0.05) is 30.3 Å². The molecule has 0 aliphatic carbocycles. The summed E-state index contributed by atoms with van der Waals surface area (Å²) in [6.45, 7) is -1.30. The summed E-state index contributed by atoms with van der Waals surface area (Å²) < 4.78 is 71.7. The Morgan fingerprint density at radius 2 is 1.48 bits per heavy atom. The Hall–Kier alpha value is -2.68. The first kappa shape index (κ1) is 18.7. The van der Waals surface area contributed by atoms with Gasteiger partial charge in [-0.25, -0.2) is 26.7 Å². The Labute approximate surface area is 138 Å². The highest BCUT2D eigenvalue weighted by molar-refractivity contribution is 5.68. The number of aliphatic hydroxyl groups is 1. The Bertz CT molecular complexity index is 741. The molecule has 0 aliphatic rings. The lowest BCUT2D eigenvalue weighted by molar-refractivity contribution is 0.128. The van der Waals surface area contributed by atoms with Crippen LogP contribution < -0.4 is 5.32 Å². The van der Waals surface area contributed by atoms with E-state index >= 15 is 0 Å². The number of rotatable bonds is 5. The van der Waals surface area contributed by atoms with E-state index in [1.54, 1.807) is 30.3 Å². The van der Waals surface area contributed by atoms with E-state index in [4.69, 9.17) is 4.74 Å². The summed E-state index contributed by atoms with van der Waals surface area (Å²) in [5, 5.41) is 11.0. The minimum Gasteiger partial charge on any atom is -0.445 e. The van der Waals surface area contributed by atoms with Crippen LogP contribution in [0.25, 0.3) is 0 Å². The van der Waals surface area contributed by atoms with Crippen molar-refractivity contribution in [3.05, 3.63) is 70.5 Å². The highest BCUT2D eigenvalue weighted by Gasteiger charge is 2.31. The summed E-state index contributed by atoms with van der Waals surface area (Å²) in [4.78, 5) is 11.7. The van der Waals surface area contributed by atoms with Crippen LogP contribution in [0, 0.1) is 29.1 Å². The van der Waals surface area contributed by atoms with Crippen molar-refractivity contribution in [3.8, 4) is 0 Å². The normalized spacial score (nSPS) is 11.9. The zero-order chi connectivity index (χ0) is 18.6. The molecule has 0 unspecified atom stereocenters. The summed E-state index contributed by atoms with van der Waals surface area (Å²) in [7, 11) is 0. The van der Waals surface area contributed by atoms with Gasteiger partial charge in [0.15, 0.2) is 23.3 Å². The zero-order valence-electron chi connectivity index (χ0n) is 12.5. The fourth-order valence-corrected chi connectivity index (χ4v) is 2.04. The molecule has 0 aliphatic heterocycles. The molecule has 0 saturated heterocycles. The van der Waals surface area contributed by atoms with Gasteiger partial charge in [-0.15, -0.1) is 0 Å². The summed E-state index contributed by atoms with van der Waals surface area (Å²) in [5.41, 5.74) is -0.745. The third-order valence-electron chi connectivity index (χ3n) is 3.28. The summed E-state index contributed by atoms with van der Waals surface area (Å²) in [6, 6.07) is 6.49. The quantitative estimate of drug-likeness (QED) is 0.488. The van der Waals surface area contributed by atoms with E-state index in [-0.39, 0.29) is 6.61 Å². The fraction of sp³-hybridized carbons (Fsp3) is 0.188. The molecule has 0 heterocycles. The molecule has 0 spiro atoms. The molecule has 0 saturated carbocycles. The highest BCUT2D eigenvalue weighted by Crippen LogP contribution is 2.27. The zero-order valence-corrected chi connectivity index (χ0v) is 12.5. The standard InChI is InChI=1S/C16H12F5NO3/c17-11-10(12(18)14(20)15(21)13(11)19)9(6-23)22-16(24)25-7-8-4-2-1-3-5-8/h1-5,9,23H,6-7H2,(H,22,24)/t9-/m0/s1. The molecule has 1 atom stereocenters. The fourth-order valence-electron chi connectivity index (χ4n) is 2.04. The molecule has 1 amide bonds. The maximum absolute atomic E-state index is 13.7. The minimum absolute atomic E-state index is 0.193. The van der Waals surface area contributed by atoms with Gasteiger partial charge in [0.05, 0.1) is 18.2 Å². The van der Waals surface area contributed by atoms with Gasteiger partial charge in [0.25, 0.3) is 0 Å². The van der Waals surface area contributed by atoms with Crippen LogP contribution in [0.5, 0.6) is 0 Å². The number of aliphatic hydroxyl groups excluding tert-OH is 1. The van der Waals surface area contributed by atoms with Crippen LogP contribution in [-0.4, -0.2) is 17.8 Å². The molecular weight excluding hydrogens is 349 g/mol. The average molecular weight is 361 g/mol. The predicted octanol–water partition coefficient (Wildman–Crippen LogP) is 3.34. The molecule has 0 aromatic heterocycles.